The van der Waals surface area contributed by atoms with Crippen molar-refractivity contribution in [2.45, 2.75) is 39.0 Å². The molecule has 0 aliphatic heterocycles. The van der Waals surface area contributed by atoms with Crippen LogP contribution in [0.4, 0.5) is 5.69 Å². The van der Waals surface area contributed by atoms with Crippen molar-refractivity contribution in [1.29, 1.82) is 0 Å². The third kappa shape index (κ3) is 3.02. The monoisotopic (exact) mass is 273 g/mol. The Kier molecular flexibility index (Phi) is 4.10. The van der Waals surface area contributed by atoms with Crippen LogP contribution in [0.5, 0.6) is 0 Å². The molecule has 0 aromatic carbocycles. The predicted molar refractivity (Wildman–Crippen MR) is 71.7 cm³/mol. The van der Waals surface area contributed by atoms with Gasteiger partial charge in [-0.3, -0.25) is 0 Å². The average Bonchev–Trinajstić information content (AvgIpc) is 2.80. The molecule has 1 saturated carbocycles. The summed E-state index contributed by atoms with van der Waals surface area (Å²) in [5, 5.41) is 11.6. The van der Waals surface area contributed by atoms with Crippen LogP contribution in [-0.2, 0) is 0 Å². The van der Waals surface area contributed by atoms with Crippen molar-refractivity contribution in [2.75, 3.05) is 11.9 Å². The molecule has 1 N–H and O–H groups in total. The van der Waals surface area contributed by atoms with Crippen LogP contribution in [0.1, 0.15) is 39.0 Å². The first-order valence-electron chi connectivity index (χ1n) is 6.08. The Balaban J connectivity index is 2.03. The van der Waals surface area contributed by atoms with Crippen molar-refractivity contribution in [3.05, 3.63) is 16.4 Å². The SMILES string of the molecule is CCC1(CNc2cc(Cl)nnc2Cl)CCCC1. The van der Waals surface area contributed by atoms with Crippen molar-refractivity contribution in [1.82, 2.24) is 10.2 Å². The first kappa shape index (κ1) is 12.9. The zero-order chi connectivity index (χ0) is 12.3. The molecule has 0 spiro atoms. The van der Waals surface area contributed by atoms with Crippen molar-refractivity contribution in [2.24, 2.45) is 5.41 Å². The summed E-state index contributed by atoms with van der Waals surface area (Å²) in [6, 6.07) is 1.73. The van der Waals surface area contributed by atoms with Crippen LogP contribution in [0.15, 0.2) is 6.07 Å². The average molecular weight is 274 g/mol. The van der Waals surface area contributed by atoms with Crippen LogP contribution in [-0.4, -0.2) is 16.7 Å². The molecule has 0 unspecified atom stereocenters. The van der Waals surface area contributed by atoms with Gasteiger partial charge in [-0.25, -0.2) is 0 Å². The first-order valence-corrected chi connectivity index (χ1v) is 6.83. The Hall–Kier alpha value is -0.540. The van der Waals surface area contributed by atoms with Gasteiger partial charge < -0.3 is 5.32 Å². The normalized spacial score (nSPS) is 18.3. The Morgan fingerprint density at radius 1 is 1.29 bits per heavy atom. The van der Waals surface area contributed by atoms with Crippen LogP contribution in [0, 0.1) is 5.41 Å². The van der Waals surface area contributed by atoms with Crippen LogP contribution in [0.2, 0.25) is 10.3 Å². The van der Waals surface area contributed by atoms with Gasteiger partial charge in [-0.1, -0.05) is 43.0 Å². The predicted octanol–water partition coefficient (Wildman–Crippen LogP) is 4.17. The molecule has 0 amide bonds. The molecular weight excluding hydrogens is 257 g/mol. The van der Waals surface area contributed by atoms with Gasteiger partial charge in [0, 0.05) is 12.6 Å². The quantitative estimate of drug-likeness (QED) is 0.895. The third-order valence-corrected chi connectivity index (χ3v) is 4.25. The van der Waals surface area contributed by atoms with E-state index in [4.69, 9.17) is 23.2 Å². The van der Waals surface area contributed by atoms with E-state index in [0.29, 0.717) is 15.7 Å². The maximum absolute atomic E-state index is 5.98. The number of anilines is 1. The highest BCUT2D eigenvalue weighted by molar-refractivity contribution is 6.33. The van der Waals surface area contributed by atoms with Gasteiger partial charge in [-0.2, -0.15) is 0 Å². The van der Waals surface area contributed by atoms with Gasteiger partial charge in [-0.05, 0) is 24.7 Å². The van der Waals surface area contributed by atoms with E-state index in [0.717, 1.165) is 12.2 Å². The molecule has 1 heterocycles. The lowest BCUT2D eigenvalue weighted by Gasteiger charge is -2.28. The molecule has 17 heavy (non-hydrogen) atoms. The van der Waals surface area contributed by atoms with E-state index in [1.165, 1.54) is 32.1 Å². The van der Waals surface area contributed by atoms with E-state index in [2.05, 4.69) is 22.4 Å². The second kappa shape index (κ2) is 5.40. The fourth-order valence-electron chi connectivity index (χ4n) is 2.54. The lowest BCUT2D eigenvalue weighted by Crippen LogP contribution is -2.26. The van der Waals surface area contributed by atoms with Crippen molar-refractivity contribution >= 4 is 28.9 Å². The van der Waals surface area contributed by atoms with E-state index in [9.17, 15) is 0 Å². The summed E-state index contributed by atoms with van der Waals surface area (Å²) < 4.78 is 0. The molecule has 3 nitrogen and oxygen atoms in total. The van der Waals surface area contributed by atoms with Gasteiger partial charge >= 0.3 is 0 Å². The number of hydrogen-bond acceptors (Lipinski definition) is 3. The summed E-state index contributed by atoms with van der Waals surface area (Å²) in [5.41, 5.74) is 1.20. The summed E-state index contributed by atoms with van der Waals surface area (Å²) in [6.45, 7) is 3.19. The molecule has 1 aromatic rings. The molecule has 1 aromatic heterocycles. The third-order valence-electron chi connectivity index (χ3n) is 3.79. The molecule has 1 aliphatic carbocycles. The fourth-order valence-corrected chi connectivity index (χ4v) is 2.85. The molecule has 5 heteroatoms. The van der Waals surface area contributed by atoms with Gasteiger partial charge in [0.15, 0.2) is 10.3 Å². The minimum absolute atomic E-state index is 0.369. The van der Waals surface area contributed by atoms with Gasteiger partial charge in [0.05, 0.1) is 5.69 Å². The molecular formula is C12H17Cl2N3. The molecule has 1 fully saturated rings. The number of aromatic nitrogens is 2. The molecule has 1 aliphatic rings. The zero-order valence-corrected chi connectivity index (χ0v) is 11.5. The van der Waals surface area contributed by atoms with Crippen molar-refractivity contribution < 1.29 is 0 Å². The summed E-state index contributed by atoms with van der Waals surface area (Å²) in [5.74, 6) is 0. The highest BCUT2D eigenvalue weighted by Crippen LogP contribution is 2.41. The van der Waals surface area contributed by atoms with E-state index in [1.807, 2.05) is 0 Å². The Labute approximate surface area is 112 Å². The highest BCUT2D eigenvalue weighted by atomic mass is 35.5. The summed E-state index contributed by atoms with van der Waals surface area (Å²) in [4.78, 5) is 0. The standard InChI is InChI=1S/C12H17Cl2N3/c1-2-12(5-3-4-6-12)8-15-9-7-10(13)16-17-11(9)14/h7H,2-6,8H2,1H3,(H,15,16). The van der Waals surface area contributed by atoms with Gasteiger partial charge in [0.25, 0.3) is 0 Å². The van der Waals surface area contributed by atoms with Gasteiger partial charge in [-0.15, -0.1) is 10.2 Å². The zero-order valence-electron chi connectivity index (χ0n) is 9.97. The van der Waals surface area contributed by atoms with Gasteiger partial charge in [0.2, 0.25) is 0 Å². The Morgan fingerprint density at radius 2 is 2.00 bits per heavy atom. The van der Waals surface area contributed by atoms with E-state index >= 15 is 0 Å². The van der Waals surface area contributed by atoms with Crippen molar-refractivity contribution in [3.63, 3.8) is 0 Å². The van der Waals surface area contributed by atoms with E-state index < -0.39 is 0 Å². The second-order valence-corrected chi connectivity index (χ2v) is 5.53. The molecule has 94 valence electrons. The van der Waals surface area contributed by atoms with Crippen LogP contribution in [0.3, 0.4) is 0 Å². The lowest BCUT2D eigenvalue weighted by atomic mass is 9.83. The summed E-state index contributed by atoms with van der Waals surface area (Å²) in [6.07, 6.45) is 6.45. The van der Waals surface area contributed by atoms with Crippen LogP contribution < -0.4 is 5.32 Å². The molecule has 0 atom stereocenters. The van der Waals surface area contributed by atoms with Crippen LogP contribution in [0.25, 0.3) is 0 Å². The Morgan fingerprint density at radius 3 is 2.65 bits per heavy atom. The maximum Gasteiger partial charge on any atom is 0.174 e. The first-order chi connectivity index (χ1) is 8.15. The number of halogens is 2. The topological polar surface area (TPSA) is 37.8 Å². The van der Waals surface area contributed by atoms with E-state index in [-0.39, 0.29) is 0 Å². The van der Waals surface area contributed by atoms with Crippen LogP contribution >= 0.6 is 23.2 Å². The summed E-state index contributed by atoms with van der Waals surface area (Å²) >= 11 is 11.8. The number of nitrogens with zero attached hydrogens (tertiary/aromatic N) is 2. The number of hydrogen-bond donors (Lipinski definition) is 1. The molecule has 0 bridgehead atoms. The molecule has 0 saturated heterocycles. The summed E-state index contributed by atoms with van der Waals surface area (Å²) in [7, 11) is 0. The minimum Gasteiger partial charge on any atom is -0.382 e. The largest absolute Gasteiger partial charge is 0.382 e. The van der Waals surface area contributed by atoms with Gasteiger partial charge in [0.1, 0.15) is 0 Å². The number of rotatable bonds is 4. The Bertz CT molecular complexity index is 389. The molecule has 2 rings (SSSR count). The minimum atomic E-state index is 0.369. The highest BCUT2D eigenvalue weighted by Gasteiger charge is 2.31. The lowest BCUT2D eigenvalue weighted by molar-refractivity contribution is 0.307. The fraction of sp³-hybridized carbons (Fsp3) is 0.667. The maximum atomic E-state index is 5.98. The molecule has 0 radical (unpaired) electrons. The van der Waals surface area contributed by atoms with Crippen molar-refractivity contribution in [3.8, 4) is 0 Å². The van der Waals surface area contributed by atoms with E-state index in [1.54, 1.807) is 6.07 Å². The smallest absolute Gasteiger partial charge is 0.174 e. The second-order valence-electron chi connectivity index (χ2n) is 4.79. The number of nitrogens with one attached hydrogen (secondary N) is 1.